The Labute approximate surface area is 126 Å². The molecule has 0 amide bonds. The number of nitrogen functional groups attached to an aromatic ring is 1. The third-order valence-corrected chi connectivity index (χ3v) is 4.49. The van der Waals surface area contributed by atoms with E-state index in [2.05, 4.69) is 52.7 Å². The zero-order valence-corrected chi connectivity index (χ0v) is 13.5. The van der Waals surface area contributed by atoms with Crippen LogP contribution in [-0.4, -0.2) is 17.3 Å². The maximum absolute atomic E-state index is 5.78. The highest BCUT2D eigenvalue weighted by Crippen LogP contribution is 2.34. The summed E-state index contributed by atoms with van der Waals surface area (Å²) in [6.45, 7) is 4.38. The molecule has 0 saturated carbocycles. The summed E-state index contributed by atoms with van der Waals surface area (Å²) >= 11 is 2.21. The van der Waals surface area contributed by atoms with E-state index < -0.39 is 0 Å². The predicted octanol–water partition coefficient (Wildman–Crippen LogP) is 3.79. The van der Waals surface area contributed by atoms with E-state index in [0.717, 1.165) is 27.0 Å². The van der Waals surface area contributed by atoms with Crippen molar-refractivity contribution >= 4 is 28.4 Å². The Morgan fingerprint density at radius 1 is 1.47 bits per heavy atom. The van der Waals surface area contributed by atoms with Crippen LogP contribution in [0.3, 0.4) is 0 Å². The summed E-state index contributed by atoms with van der Waals surface area (Å²) in [5.74, 6) is 1.92. The quantitative estimate of drug-likeness (QED) is 0.804. The smallest absolute Gasteiger partial charge is 0.159 e. The van der Waals surface area contributed by atoms with Crippen LogP contribution in [-0.2, 0) is 0 Å². The minimum atomic E-state index is 0.452. The van der Waals surface area contributed by atoms with Crippen LogP contribution in [0.15, 0.2) is 18.2 Å². The van der Waals surface area contributed by atoms with Gasteiger partial charge in [0.05, 0.1) is 16.4 Å². The van der Waals surface area contributed by atoms with Gasteiger partial charge in [-0.2, -0.15) is 5.10 Å². The fourth-order valence-corrected chi connectivity index (χ4v) is 2.58. The van der Waals surface area contributed by atoms with E-state index in [0.29, 0.717) is 11.7 Å². The molecule has 0 aliphatic rings. The number of halogens is 1. The summed E-state index contributed by atoms with van der Waals surface area (Å²) in [5.41, 5.74) is 9.05. The van der Waals surface area contributed by atoms with Crippen molar-refractivity contribution in [2.24, 2.45) is 0 Å². The van der Waals surface area contributed by atoms with Gasteiger partial charge >= 0.3 is 0 Å². The van der Waals surface area contributed by atoms with Crippen molar-refractivity contribution < 1.29 is 4.74 Å². The van der Waals surface area contributed by atoms with E-state index >= 15 is 0 Å². The van der Waals surface area contributed by atoms with Gasteiger partial charge in [-0.1, -0.05) is 13.8 Å². The Bertz CT molecular complexity index is 580. The van der Waals surface area contributed by atoms with Crippen molar-refractivity contribution in [2.75, 3.05) is 12.8 Å². The molecule has 3 N–H and O–H groups in total. The molecule has 5 heteroatoms. The first-order valence-electron chi connectivity index (χ1n) is 6.26. The summed E-state index contributed by atoms with van der Waals surface area (Å²) in [6.07, 6.45) is 1.07. The minimum Gasteiger partial charge on any atom is -0.496 e. The van der Waals surface area contributed by atoms with Gasteiger partial charge in [-0.15, -0.1) is 0 Å². The van der Waals surface area contributed by atoms with E-state index in [1.807, 2.05) is 12.1 Å². The molecule has 102 valence electrons. The molecule has 1 aromatic carbocycles. The molecule has 4 nitrogen and oxygen atoms in total. The zero-order chi connectivity index (χ0) is 14.0. The summed E-state index contributed by atoms with van der Waals surface area (Å²) in [7, 11) is 1.71. The molecule has 0 radical (unpaired) electrons. The molecule has 1 heterocycles. The molecule has 0 bridgehead atoms. The maximum atomic E-state index is 5.78. The molecule has 19 heavy (non-hydrogen) atoms. The van der Waals surface area contributed by atoms with E-state index in [1.54, 1.807) is 7.11 Å². The average Bonchev–Trinajstić information content (AvgIpc) is 2.77. The van der Waals surface area contributed by atoms with Gasteiger partial charge in [0.1, 0.15) is 5.75 Å². The number of hydrogen-bond donors (Lipinski definition) is 2. The number of aromatic nitrogens is 2. The summed E-state index contributed by atoms with van der Waals surface area (Å²) in [6, 6.07) is 6.19. The molecule has 0 spiro atoms. The van der Waals surface area contributed by atoms with Crippen LogP contribution in [0.2, 0.25) is 0 Å². The van der Waals surface area contributed by atoms with Crippen LogP contribution < -0.4 is 10.5 Å². The minimum absolute atomic E-state index is 0.452. The van der Waals surface area contributed by atoms with Crippen molar-refractivity contribution in [3.05, 3.63) is 27.3 Å². The molecule has 2 rings (SSSR count). The molecular weight excluding hydrogens is 353 g/mol. The number of methoxy groups -OCH3 is 1. The average molecular weight is 371 g/mol. The summed E-state index contributed by atoms with van der Waals surface area (Å²) in [4.78, 5) is 0. The van der Waals surface area contributed by atoms with E-state index in [9.17, 15) is 0 Å². The van der Waals surface area contributed by atoms with Gasteiger partial charge in [0, 0.05) is 5.56 Å². The van der Waals surface area contributed by atoms with Gasteiger partial charge < -0.3 is 10.5 Å². The van der Waals surface area contributed by atoms with Gasteiger partial charge in [0.25, 0.3) is 0 Å². The van der Waals surface area contributed by atoms with Crippen molar-refractivity contribution in [1.82, 2.24) is 10.2 Å². The topological polar surface area (TPSA) is 63.9 Å². The lowest BCUT2D eigenvalue weighted by atomic mass is 9.95. The largest absolute Gasteiger partial charge is 0.496 e. The Morgan fingerprint density at radius 2 is 2.21 bits per heavy atom. The number of H-pyrrole nitrogens is 1. The summed E-state index contributed by atoms with van der Waals surface area (Å²) in [5, 5.41) is 7.03. The van der Waals surface area contributed by atoms with E-state index in [-0.39, 0.29) is 0 Å². The highest BCUT2D eigenvalue weighted by Gasteiger charge is 2.15. The Kier molecular flexibility index (Phi) is 4.34. The first kappa shape index (κ1) is 14.2. The molecule has 0 aliphatic heterocycles. The second-order valence-electron chi connectivity index (χ2n) is 4.56. The standard InChI is InChI=1S/C14H18IN3O/c1-4-8(2)10-7-9(5-6-11(10)19-3)13-12(15)14(16)18-17-13/h5-8H,4H2,1-3H3,(H3,16,17,18). The third kappa shape index (κ3) is 2.70. The van der Waals surface area contributed by atoms with Gasteiger partial charge in [-0.05, 0) is 58.7 Å². The fourth-order valence-electron chi connectivity index (χ4n) is 2.03. The molecule has 1 atom stereocenters. The maximum Gasteiger partial charge on any atom is 0.159 e. The first-order valence-corrected chi connectivity index (χ1v) is 7.34. The number of nitrogens with zero attached hydrogens (tertiary/aromatic N) is 1. The molecule has 2 aromatic rings. The van der Waals surface area contributed by atoms with Crippen molar-refractivity contribution in [3.63, 3.8) is 0 Å². The second-order valence-corrected chi connectivity index (χ2v) is 5.64. The Balaban J connectivity index is 2.51. The van der Waals surface area contributed by atoms with Crippen LogP contribution in [0.25, 0.3) is 11.3 Å². The van der Waals surface area contributed by atoms with Crippen LogP contribution in [0, 0.1) is 3.57 Å². The molecule has 0 aliphatic carbocycles. The lowest BCUT2D eigenvalue weighted by Gasteiger charge is -2.15. The highest BCUT2D eigenvalue weighted by molar-refractivity contribution is 14.1. The molecule has 0 saturated heterocycles. The lowest BCUT2D eigenvalue weighted by molar-refractivity contribution is 0.406. The number of nitrogens with one attached hydrogen (secondary N) is 1. The highest BCUT2D eigenvalue weighted by atomic mass is 127. The molecular formula is C14H18IN3O. The Hall–Kier alpha value is -1.24. The van der Waals surface area contributed by atoms with Gasteiger partial charge in [-0.3, -0.25) is 5.10 Å². The normalized spacial score (nSPS) is 12.4. The number of aromatic amines is 1. The zero-order valence-electron chi connectivity index (χ0n) is 11.3. The van der Waals surface area contributed by atoms with Crippen LogP contribution in [0.1, 0.15) is 31.7 Å². The van der Waals surface area contributed by atoms with Gasteiger partial charge in [-0.25, -0.2) is 0 Å². The molecule has 1 aromatic heterocycles. The van der Waals surface area contributed by atoms with E-state index in [1.165, 1.54) is 5.56 Å². The van der Waals surface area contributed by atoms with Gasteiger partial charge in [0.15, 0.2) is 5.82 Å². The van der Waals surface area contributed by atoms with Crippen molar-refractivity contribution in [2.45, 2.75) is 26.2 Å². The predicted molar refractivity (Wildman–Crippen MR) is 86.4 cm³/mol. The number of hydrogen-bond acceptors (Lipinski definition) is 3. The van der Waals surface area contributed by atoms with Crippen LogP contribution in [0.4, 0.5) is 5.82 Å². The van der Waals surface area contributed by atoms with Crippen LogP contribution in [0.5, 0.6) is 5.75 Å². The Morgan fingerprint density at radius 3 is 2.74 bits per heavy atom. The summed E-state index contributed by atoms with van der Waals surface area (Å²) < 4.78 is 6.40. The van der Waals surface area contributed by atoms with Crippen molar-refractivity contribution in [1.29, 1.82) is 0 Å². The lowest BCUT2D eigenvalue weighted by Crippen LogP contribution is -1.97. The van der Waals surface area contributed by atoms with Gasteiger partial charge in [0.2, 0.25) is 0 Å². The number of benzene rings is 1. The monoisotopic (exact) mass is 371 g/mol. The number of ether oxygens (including phenoxy) is 1. The SMILES string of the molecule is CCC(C)c1cc(-c2[nH]nc(N)c2I)ccc1OC. The third-order valence-electron chi connectivity index (χ3n) is 3.39. The van der Waals surface area contributed by atoms with Crippen LogP contribution >= 0.6 is 22.6 Å². The molecule has 1 unspecified atom stereocenters. The second kappa shape index (κ2) is 5.81. The first-order chi connectivity index (χ1) is 9.08. The van der Waals surface area contributed by atoms with E-state index in [4.69, 9.17) is 10.5 Å². The number of rotatable bonds is 4. The fraction of sp³-hybridized carbons (Fsp3) is 0.357. The molecule has 0 fully saturated rings. The number of anilines is 1. The van der Waals surface area contributed by atoms with Crippen molar-refractivity contribution in [3.8, 4) is 17.0 Å². The number of nitrogens with two attached hydrogens (primary N) is 1.